The molecular formula is C9H14N4S. The second-order valence-corrected chi connectivity index (χ2v) is 4.01. The quantitative estimate of drug-likeness (QED) is 0.451. The van der Waals surface area contributed by atoms with Gasteiger partial charge in [0.25, 0.3) is 0 Å². The number of aromatic nitrogens is 2. The Bertz CT molecular complexity index is 307. The molecule has 0 saturated heterocycles. The molecule has 4 nitrogen and oxygen atoms in total. The zero-order chi connectivity index (χ0) is 9.80. The number of hydrazine groups is 1. The SMILES string of the molecule is NNC(C1=CCCCC1)c1cnsn1. The van der Waals surface area contributed by atoms with Gasteiger partial charge in [-0.1, -0.05) is 6.08 Å². The lowest BCUT2D eigenvalue weighted by Crippen LogP contribution is -2.30. The van der Waals surface area contributed by atoms with Crippen LogP contribution in [0.1, 0.15) is 37.4 Å². The van der Waals surface area contributed by atoms with Crippen molar-refractivity contribution in [2.45, 2.75) is 31.7 Å². The first-order valence-corrected chi connectivity index (χ1v) is 5.57. The third-order valence-corrected chi connectivity index (χ3v) is 3.03. The van der Waals surface area contributed by atoms with Crippen molar-refractivity contribution in [2.24, 2.45) is 5.84 Å². The molecule has 0 saturated carbocycles. The van der Waals surface area contributed by atoms with Gasteiger partial charge in [0.05, 0.1) is 29.7 Å². The predicted molar refractivity (Wildman–Crippen MR) is 56.5 cm³/mol. The molecule has 0 bridgehead atoms. The van der Waals surface area contributed by atoms with Crippen LogP contribution in [0.2, 0.25) is 0 Å². The lowest BCUT2D eigenvalue weighted by molar-refractivity contribution is 0.558. The van der Waals surface area contributed by atoms with Crippen molar-refractivity contribution in [1.82, 2.24) is 14.2 Å². The molecule has 2 rings (SSSR count). The van der Waals surface area contributed by atoms with Gasteiger partial charge in [-0.25, -0.2) is 5.43 Å². The van der Waals surface area contributed by atoms with E-state index in [9.17, 15) is 0 Å². The Hall–Kier alpha value is -0.780. The number of rotatable bonds is 3. The van der Waals surface area contributed by atoms with Gasteiger partial charge in [0.1, 0.15) is 0 Å². The first-order chi connectivity index (χ1) is 6.92. The Morgan fingerprint density at radius 2 is 2.43 bits per heavy atom. The molecule has 1 atom stereocenters. The summed E-state index contributed by atoms with van der Waals surface area (Å²) in [5, 5.41) is 0. The molecule has 76 valence electrons. The Morgan fingerprint density at radius 1 is 1.50 bits per heavy atom. The highest BCUT2D eigenvalue weighted by atomic mass is 32.1. The molecule has 1 heterocycles. The van der Waals surface area contributed by atoms with Crippen LogP contribution in [0.15, 0.2) is 17.8 Å². The summed E-state index contributed by atoms with van der Waals surface area (Å²) in [5.41, 5.74) is 5.10. The molecule has 0 fully saturated rings. The van der Waals surface area contributed by atoms with Crippen molar-refractivity contribution in [2.75, 3.05) is 0 Å². The lowest BCUT2D eigenvalue weighted by atomic mass is 9.93. The van der Waals surface area contributed by atoms with E-state index >= 15 is 0 Å². The minimum atomic E-state index is 0.0639. The molecule has 0 aliphatic heterocycles. The summed E-state index contributed by atoms with van der Waals surface area (Å²) >= 11 is 1.22. The molecule has 0 aromatic carbocycles. The fourth-order valence-corrected chi connectivity index (χ4v) is 2.26. The van der Waals surface area contributed by atoms with Gasteiger partial charge < -0.3 is 0 Å². The molecule has 0 radical (unpaired) electrons. The number of nitrogens with two attached hydrogens (primary N) is 1. The van der Waals surface area contributed by atoms with Crippen LogP contribution < -0.4 is 11.3 Å². The smallest absolute Gasteiger partial charge is 0.0967 e. The van der Waals surface area contributed by atoms with Gasteiger partial charge in [0.15, 0.2) is 0 Å². The van der Waals surface area contributed by atoms with E-state index in [1.54, 1.807) is 6.20 Å². The van der Waals surface area contributed by atoms with Gasteiger partial charge in [-0.2, -0.15) is 8.75 Å². The fraction of sp³-hybridized carbons (Fsp3) is 0.556. The topological polar surface area (TPSA) is 63.8 Å². The van der Waals surface area contributed by atoms with Gasteiger partial charge in [-0.15, -0.1) is 0 Å². The number of hydrogen-bond donors (Lipinski definition) is 2. The van der Waals surface area contributed by atoms with Gasteiger partial charge in [0, 0.05) is 0 Å². The van der Waals surface area contributed by atoms with Gasteiger partial charge >= 0.3 is 0 Å². The maximum Gasteiger partial charge on any atom is 0.0967 e. The summed E-state index contributed by atoms with van der Waals surface area (Å²) in [7, 11) is 0. The van der Waals surface area contributed by atoms with Crippen LogP contribution in [0.4, 0.5) is 0 Å². The zero-order valence-electron chi connectivity index (χ0n) is 7.94. The molecule has 3 N–H and O–H groups in total. The van der Waals surface area contributed by atoms with Crippen molar-refractivity contribution in [3.63, 3.8) is 0 Å². The summed E-state index contributed by atoms with van der Waals surface area (Å²) in [4.78, 5) is 0. The molecule has 1 aliphatic rings. The largest absolute Gasteiger partial charge is 0.271 e. The average molecular weight is 210 g/mol. The van der Waals surface area contributed by atoms with Gasteiger partial charge in [-0.3, -0.25) is 5.84 Å². The van der Waals surface area contributed by atoms with Crippen LogP contribution in [0, 0.1) is 0 Å². The molecule has 1 aromatic heterocycles. The molecule has 1 aliphatic carbocycles. The van der Waals surface area contributed by atoms with Crippen LogP contribution in [0.3, 0.4) is 0 Å². The minimum Gasteiger partial charge on any atom is -0.271 e. The highest BCUT2D eigenvalue weighted by molar-refractivity contribution is 6.99. The highest BCUT2D eigenvalue weighted by Gasteiger charge is 2.18. The highest BCUT2D eigenvalue weighted by Crippen LogP contribution is 2.28. The van der Waals surface area contributed by atoms with E-state index < -0.39 is 0 Å². The van der Waals surface area contributed by atoms with Crippen LogP contribution in [-0.2, 0) is 0 Å². The van der Waals surface area contributed by atoms with Crippen LogP contribution in [-0.4, -0.2) is 8.75 Å². The second kappa shape index (κ2) is 4.63. The molecule has 1 aromatic rings. The molecule has 5 heteroatoms. The van der Waals surface area contributed by atoms with E-state index in [0.29, 0.717) is 0 Å². The Morgan fingerprint density at radius 3 is 3.00 bits per heavy atom. The van der Waals surface area contributed by atoms with E-state index in [-0.39, 0.29) is 6.04 Å². The van der Waals surface area contributed by atoms with Crippen LogP contribution in [0.25, 0.3) is 0 Å². The first-order valence-electron chi connectivity index (χ1n) is 4.84. The maximum atomic E-state index is 5.54. The Balaban J connectivity index is 2.16. The van der Waals surface area contributed by atoms with Gasteiger partial charge in [0.2, 0.25) is 0 Å². The zero-order valence-corrected chi connectivity index (χ0v) is 8.76. The molecule has 14 heavy (non-hydrogen) atoms. The summed E-state index contributed by atoms with van der Waals surface area (Å²) in [6.07, 6.45) is 8.87. The standard InChI is InChI=1S/C9H14N4S/c10-12-9(8-6-11-14-13-8)7-4-2-1-3-5-7/h4,6,9,12H,1-3,5,10H2. The van der Waals surface area contributed by atoms with Crippen molar-refractivity contribution in [1.29, 1.82) is 0 Å². The lowest BCUT2D eigenvalue weighted by Gasteiger charge is -2.20. The normalized spacial score (nSPS) is 19.1. The molecule has 1 unspecified atom stereocenters. The molecule has 0 spiro atoms. The Labute approximate surface area is 87.5 Å². The van der Waals surface area contributed by atoms with Crippen molar-refractivity contribution >= 4 is 11.7 Å². The van der Waals surface area contributed by atoms with Crippen LogP contribution in [0.5, 0.6) is 0 Å². The van der Waals surface area contributed by atoms with E-state index in [2.05, 4.69) is 20.2 Å². The van der Waals surface area contributed by atoms with Gasteiger partial charge in [-0.05, 0) is 31.3 Å². The average Bonchev–Trinajstić information content (AvgIpc) is 2.74. The fourth-order valence-electron chi connectivity index (χ4n) is 1.81. The molecule has 0 amide bonds. The monoisotopic (exact) mass is 210 g/mol. The van der Waals surface area contributed by atoms with Crippen molar-refractivity contribution < 1.29 is 0 Å². The number of nitrogens with zero attached hydrogens (tertiary/aromatic N) is 2. The van der Waals surface area contributed by atoms with E-state index in [1.165, 1.54) is 30.1 Å². The van der Waals surface area contributed by atoms with Crippen molar-refractivity contribution in [3.8, 4) is 0 Å². The third kappa shape index (κ3) is 2.00. The predicted octanol–water partition coefficient (Wildman–Crippen LogP) is 1.54. The van der Waals surface area contributed by atoms with Crippen LogP contribution >= 0.6 is 11.7 Å². The van der Waals surface area contributed by atoms with E-state index in [4.69, 9.17) is 5.84 Å². The summed E-state index contributed by atoms with van der Waals surface area (Å²) in [6, 6.07) is 0.0639. The Kier molecular flexibility index (Phi) is 3.23. The maximum absolute atomic E-state index is 5.54. The third-order valence-electron chi connectivity index (χ3n) is 2.54. The summed E-state index contributed by atoms with van der Waals surface area (Å²) in [5.74, 6) is 5.54. The number of hydrogen-bond acceptors (Lipinski definition) is 5. The first kappa shape index (κ1) is 9.76. The number of allylic oxidation sites excluding steroid dienone is 1. The second-order valence-electron chi connectivity index (χ2n) is 3.46. The van der Waals surface area contributed by atoms with Crippen molar-refractivity contribution in [3.05, 3.63) is 23.5 Å². The minimum absolute atomic E-state index is 0.0639. The number of nitrogens with one attached hydrogen (secondary N) is 1. The molecular weight excluding hydrogens is 196 g/mol. The summed E-state index contributed by atoms with van der Waals surface area (Å²) < 4.78 is 8.20. The summed E-state index contributed by atoms with van der Waals surface area (Å²) in [6.45, 7) is 0. The van der Waals surface area contributed by atoms with E-state index in [0.717, 1.165) is 18.5 Å². The van der Waals surface area contributed by atoms with E-state index in [1.807, 2.05) is 0 Å².